The molecule has 2 heterocycles. The highest BCUT2D eigenvalue weighted by atomic mass is 16.4. The lowest BCUT2D eigenvalue weighted by atomic mass is 9.75. The third kappa shape index (κ3) is 1.96. The molecule has 2 saturated heterocycles. The number of fused-ring (bicyclic) bond motifs is 2. The van der Waals surface area contributed by atoms with Crippen LogP contribution in [0.5, 0.6) is 0 Å². The van der Waals surface area contributed by atoms with Gasteiger partial charge in [-0.2, -0.15) is 0 Å². The van der Waals surface area contributed by atoms with E-state index in [2.05, 4.69) is 6.92 Å². The van der Waals surface area contributed by atoms with E-state index in [-0.39, 0.29) is 17.9 Å². The number of hydrogen-bond acceptors (Lipinski definition) is 2. The highest BCUT2D eigenvalue weighted by molar-refractivity contribution is 5.99. The van der Waals surface area contributed by atoms with Crippen LogP contribution in [0.2, 0.25) is 0 Å². The number of carbonyl (C=O) groups excluding carboxylic acids is 1. The zero-order valence-electron chi connectivity index (χ0n) is 12.3. The van der Waals surface area contributed by atoms with E-state index in [4.69, 9.17) is 0 Å². The smallest absolute Gasteiger partial charge is 0.329 e. The summed E-state index contributed by atoms with van der Waals surface area (Å²) in [6.07, 6.45) is 4.07. The van der Waals surface area contributed by atoms with Crippen molar-refractivity contribution in [1.82, 2.24) is 4.90 Å². The van der Waals surface area contributed by atoms with E-state index in [1.807, 2.05) is 18.2 Å². The third-order valence-electron chi connectivity index (χ3n) is 5.13. The van der Waals surface area contributed by atoms with Crippen LogP contribution in [-0.4, -0.2) is 33.5 Å². The molecule has 1 aromatic carbocycles. The summed E-state index contributed by atoms with van der Waals surface area (Å²) in [4.78, 5) is 26.5. The fraction of sp³-hybridized carbons (Fsp3) is 0.529. The summed E-state index contributed by atoms with van der Waals surface area (Å²) in [5.41, 5.74) is -0.389. The van der Waals surface area contributed by atoms with Crippen molar-refractivity contribution in [2.24, 2.45) is 5.92 Å². The topological polar surface area (TPSA) is 57.6 Å². The van der Waals surface area contributed by atoms with Gasteiger partial charge in [-0.3, -0.25) is 4.79 Å². The molecule has 1 amide bonds. The lowest BCUT2D eigenvalue weighted by Crippen LogP contribution is -2.54. The van der Waals surface area contributed by atoms with Crippen LogP contribution in [0.15, 0.2) is 30.3 Å². The average Bonchev–Trinajstić information content (AvgIpc) is 3.02. The molecule has 3 atom stereocenters. The number of benzene rings is 1. The number of nitrogens with zero attached hydrogens (tertiary/aromatic N) is 1. The van der Waals surface area contributed by atoms with E-state index >= 15 is 0 Å². The third-order valence-corrected chi connectivity index (χ3v) is 5.13. The Morgan fingerprint density at radius 2 is 2.05 bits per heavy atom. The molecule has 2 fully saturated rings. The molecule has 2 aliphatic rings. The van der Waals surface area contributed by atoms with E-state index < -0.39 is 11.5 Å². The molecule has 1 aromatic rings. The molecule has 1 N–H and O–H groups in total. The van der Waals surface area contributed by atoms with Crippen LogP contribution in [-0.2, 0) is 4.79 Å². The van der Waals surface area contributed by atoms with Crippen LogP contribution >= 0.6 is 0 Å². The Morgan fingerprint density at radius 3 is 2.67 bits per heavy atom. The van der Waals surface area contributed by atoms with Gasteiger partial charge in [-0.1, -0.05) is 31.5 Å². The van der Waals surface area contributed by atoms with Gasteiger partial charge >= 0.3 is 5.97 Å². The number of carboxylic acids is 1. The Bertz CT molecular complexity index is 556. The molecule has 0 unspecified atom stereocenters. The van der Waals surface area contributed by atoms with Crippen LogP contribution in [0, 0.1) is 5.92 Å². The zero-order valence-corrected chi connectivity index (χ0v) is 12.3. The van der Waals surface area contributed by atoms with E-state index in [0.717, 1.165) is 25.7 Å². The largest absolute Gasteiger partial charge is 0.479 e. The van der Waals surface area contributed by atoms with Gasteiger partial charge in [0.15, 0.2) is 0 Å². The minimum Gasteiger partial charge on any atom is -0.479 e. The van der Waals surface area contributed by atoms with Gasteiger partial charge in [-0.25, -0.2) is 4.79 Å². The molecule has 2 aliphatic heterocycles. The number of hydrogen-bond donors (Lipinski definition) is 1. The first kappa shape index (κ1) is 14.1. The number of rotatable bonds is 4. The molecule has 3 rings (SSSR count). The second kappa shape index (κ2) is 5.17. The number of carboxylic acid groups (broad SMARTS) is 1. The molecule has 112 valence electrons. The number of aliphatic carboxylic acids is 1. The molecule has 0 aliphatic carbocycles. The van der Waals surface area contributed by atoms with Gasteiger partial charge < -0.3 is 10.0 Å². The van der Waals surface area contributed by atoms with Crippen molar-refractivity contribution in [2.45, 2.75) is 50.6 Å². The maximum atomic E-state index is 12.8. The molecule has 0 radical (unpaired) electrons. The Labute approximate surface area is 124 Å². The summed E-state index contributed by atoms with van der Waals surface area (Å²) in [7, 11) is 0. The summed E-state index contributed by atoms with van der Waals surface area (Å²) in [5.74, 6) is -0.865. The van der Waals surface area contributed by atoms with Crippen molar-refractivity contribution < 1.29 is 14.7 Å². The van der Waals surface area contributed by atoms with Gasteiger partial charge in [0.2, 0.25) is 0 Å². The molecule has 0 saturated carbocycles. The van der Waals surface area contributed by atoms with Crippen LogP contribution in [0.25, 0.3) is 0 Å². The molecule has 4 nitrogen and oxygen atoms in total. The normalized spacial score (nSPS) is 30.6. The summed E-state index contributed by atoms with van der Waals surface area (Å²) in [6, 6.07) is 9.13. The van der Waals surface area contributed by atoms with Crippen LogP contribution in [0.3, 0.4) is 0 Å². The lowest BCUT2D eigenvalue weighted by Gasteiger charge is -2.35. The zero-order chi connectivity index (χ0) is 15.0. The molecule has 4 heteroatoms. The summed E-state index contributed by atoms with van der Waals surface area (Å²) >= 11 is 0. The summed E-state index contributed by atoms with van der Waals surface area (Å²) in [5, 5.41) is 9.86. The van der Waals surface area contributed by atoms with Gasteiger partial charge in [-0.15, -0.1) is 0 Å². The van der Waals surface area contributed by atoms with Gasteiger partial charge in [0.25, 0.3) is 5.91 Å². The minimum atomic E-state index is -0.979. The first-order valence-electron chi connectivity index (χ1n) is 7.73. The Balaban J connectivity index is 1.98. The SMILES string of the molecule is CCC[C@@H]1C[C@H]2CC[C@]1(C(=O)O)N2C(=O)c1ccccc1. The molecule has 0 aromatic heterocycles. The highest BCUT2D eigenvalue weighted by Crippen LogP contribution is 2.52. The van der Waals surface area contributed by atoms with Crippen molar-refractivity contribution in [2.75, 3.05) is 0 Å². The minimum absolute atomic E-state index is 0.0883. The van der Waals surface area contributed by atoms with Crippen molar-refractivity contribution in [3.05, 3.63) is 35.9 Å². The predicted molar refractivity (Wildman–Crippen MR) is 79.0 cm³/mol. The Hall–Kier alpha value is -1.84. The standard InChI is InChI=1S/C17H21NO3/c1-2-6-13-11-14-9-10-17(13,16(20)21)18(14)15(19)12-7-4-3-5-8-12/h3-5,7-8,13-14H,2,6,9-11H2,1H3,(H,20,21)/t13-,14-,17+/m1/s1. The van der Waals surface area contributed by atoms with Gasteiger partial charge in [0.05, 0.1) is 0 Å². The molecular weight excluding hydrogens is 266 g/mol. The predicted octanol–water partition coefficient (Wildman–Crippen LogP) is 2.93. The molecular formula is C17H21NO3. The van der Waals surface area contributed by atoms with Crippen LogP contribution < -0.4 is 0 Å². The van der Waals surface area contributed by atoms with Crippen LogP contribution in [0.1, 0.15) is 49.4 Å². The molecule has 0 spiro atoms. The van der Waals surface area contributed by atoms with Gasteiger partial charge in [0.1, 0.15) is 5.54 Å². The lowest BCUT2D eigenvalue weighted by molar-refractivity contribution is -0.150. The Morgan fingerprint density at radius 1 is 1.33 bits per heavy atom. The number of carbonyl (C=O) groups is 2. The van der Waals surface area contributed by atoms with Crippen molar-refractivity contribution in [1.29, 1.82) is 0 Å². The van der Waals surface area contributed by atoms with Gasteiger partial charge in [0, 0.05) is 11.6 Å². The second-order valence-corrected chi connectivity index (χ2v) is 6.18. The van der Waals surface area contributed by atoms with Crippen molar-refractivity contribution in [3.63, 3.8) is 0 Å². The quantitative estimate of drug-likeness (QED) is 0.926. The average molecular weight is 287 g/mol. The van der Waals surface area contributed by atoms with E-state index in [9.17, 15) is 14.7 Å². The van der Waals surface area contributed by atoms with Gasteiger partial charge in [-0.05, 0) is 43.7 Å². The van der Waals surface area contributed by atoms with E-state index in [0.29, 0.717) is 12.0 Å². The molecule has 21 heavy (non-hydrogen) atoms. The summed E-state index contributed by atoms with van der Waals surface area (Å²) in [6.45, 7) is 2.07. The Kier molecular flexibility index (Phi) is 3.47. The number of amides is 1. The highest BCUT2D eigenvalue weighted by Gasteiger charge is 2.63. The maximum Gasteiger partial charge on any atom is 0.329 e. The molecule has 2 bridgehead atoms. The second-order valence-electron chi connectivity index (χ2n) is 6.18. The van der Waals surface area contributed by atoms with Crippen molar-refractivity contribution in [3.8, 4) is 0 Å². The van der Waals surface area contributed by atoms with E-state index in [1.165, 1.54) is 0 Å². The monoisotopic (exact) mass is 287 g/mol. The fourth-order valence-corrected chi connectivity index (χ4v) is 4.27. The fourth-order valence-electron chi connectivity index (χ4n) is 4.27. The first-order valence-corrected chi connectivity index (χ1v) is 7.73. The first-order chi connectivity index (χ1) is 10.1. The maximum absolute atomic E-state index is 12.8. The summed E-state index contributed by atoms with van der Waals surface area (Å²) < 4.78 is 0. The van der Waals surface area contributed by atoms with E-state index in [1.54, 1.807) is 17.0 Å². The van der Waals surface area contributed by atoms with Crippen LogP contribution in [0.4, 0.5) is 0 Å². The van der Waals surface area contributed by atoms with Crippen molar-refractivity contribution >= 4 is 11.9 Å².